The van der Waals surface area contributed by atoms with Gasteiger partial charge in [0.1, 0.15) is 11.9 Å². The molecule has 0 amide bonds. The minimum absolute atomic E-state index is 0.443. The zero-order chi connectivity index (χ0) is 19.3. The Labute approximate surface area is 169 Å². The summed E-state index contributed by atoms with van der Waals surface area (Å²) in [6.45, 7) is 3.41. The molecule has 0 spiro atoms. The van der Waals surface area contributed by atoms with Gasteiger partial charge in [-0.15, -0.1) is 0 Å². The summed E-state index contributed by atoms with van der Waals surface area (Å²) in [4.78, 5) is 11.4. The second kappa shape index (κ2) is 8.39. The zero-order valence-corrected chi connectivity index (χ0v) is 16.1. The molecule has 6 heteroatoms. The highest BCUT2D eigenvalue weighted by molar-refractivity contribution is 6.31. The molecule has 4 rings (SSSR count). The first-order valence-electron chi connectivity index (χ1n) is 9.16. The molecule has 1 aliphatic rings. The van der Waals surface area contributed by atoms with E-state index in [1.807, 2.05) is 12.1 Å². The Hall–Kier alpha value is -2.94. The van der Waals surface area contributed by atoms with Gasteiger partial charge in [0.25, 0.3) is 0 Å². The van der Waals surface area contributed by atoms with E-state index in [-0.39, 0.29) is 0 Å². The van der Waals surface area contributed by atoms with Gasteiger partial charge in [0.2, 0.25) is 0 Å². The molecule has 0 aliphatic carbocycles. The Morgan fingerprint density at radius 3 is 2.61 bits per heavy atom. The van der Waals surface area contributed by atoms with Gasteiger partial charge in [-0.3, -0.25) is 0 Å². The van der Waals surface area contributed by atoms with Crippen molar-refractivity contribution >= 4 is 17.3 Å². The summed E-state index contributed by atoms with van der Waals surface area (Å²) in [6, 6.07) is 17.8. The Balaban J connectivity index is 1.51. The molecule has 0 bridgehead atoms. The number of nitrogens with zero attached hydrogens (tertiary/aromatic N) is 4. The lowest BCUT2D eigenvalue weighted by Crippen LogP contribution is -2.36. The second-order valence-corrected chi connectivity index (χ2v) is 7.01. The highest BCUT2D eigenvalue weighted by Gasteiger charge is 2.11. The number of rotatable bonds is 4. The number of nitriles is 1. The summed E-state index contributed by atoms with van der Waals surface area (Å²) >= 11 is 6.03. The van der Waals surface area contributed by atoms with Crippen molar-refractivity contribution in [3.8, 4) is 17.3 Å². The largest absolute Gasteiger partial charge is 0.378 e. The molecule has 2 aromatic carbocycles. The van der Waals surface area contributed by atoms with Crippen LogP contribution in [0, 0.1) is 11.3 Å². The first kappa shape index (κ1) is 18.4. The number of hydrogen-bond acceptors (Lipinski definition) is 5. The van der Waals surface area contributed by atoms with Crippen molar-refractivity contribution in [1.82, 2.24) is 9.97 Å². The highest BCUT2D eigenvalue weighted by Crippen LogP contribution is 2.24. The van der Waals surface area contributed by atoms with Gasteiger partial charge in [-0.25, -0.2) is 9.97 Å². The number of ether oxygens (including phenoxy) is 1. The molecular weight excluding hydrogens is 372 g/mol. The van der Waals surface area contributed by atoms with E-state index < -0.39 is 0 Å². The average molecular weight is 391 g/mol. The molecule has 0 radical (unpaired) electrons. The van der Waals surface area contributed by atoms with Crippen LogP contribution in [0.1, 0.15) is 17.0 Å². The standard InChI is InChI=1S/C22H19ClN4O/c23-20-6-3-17(14-18(20)15-24)21-7-8-25-22(26-21)13-16-1-4-19(5-2-16)27-9-11-28-12-10-27/h1-8,14H,9-13H2. The van der Waals surface area contributed by atoms with Gasteiger partial charge in [-0.05, 0) is 35.9 Å². The van der Waals surface area contributed by atoms with Crippen LogP contribution in [0.25, 0.3) is 11.3 Å². The van der Waals surface area contributed by atoms with Gasteiger partial charge in [-0.1, -0.05) is 29.8 Å². The van der Waals surface area contributed by atoms with Crippen molar-refractivity contribution in [3.63, 3.8) is 0 Å². The SMILES string of the molecule is N#Cc1cc(-c2ccnc(Cc3ccc(N4CCOCC4)cc3)n2)ccc1Cl. The van der Waals surface area contributed by atoms with E-state index in [0.717, 1.165) is 48.9 Å². The van der Waals surface area contributed by atoms with E-state index in [4.69, 9.17) is 16.3 Å². The lowest BCUT2D eigenvalue weighted by atomic mass is 10.1. The Bertz CT molecular complexity index is 1010. The van der Waals surface area contributed by atoms with Crippen molar-refractivity contribution < 1.29 is 4.74 Å². The Morgan fingerprint density at radius 2 is 1.86 bits per heavy atom. The van der Waals surface area contributed by atoms with E-state index in [9.17, 15) is 5.26 Å². The van der Waals surface area contributed by atoms with Gasteiger partial charge < -0.3 is 9.64 Å². The molecule has 1 aliphatic heterocycles. The minimum atomic E-state index is 0.443. The third-order valence-corrected chi connectivity index (χ3v) is 5.09. The molecule has 2 heterocycles. The van der Waals surface area contributed by atoms with Crippen LogP contribution in [-0.4, -0.2) is 36.3 Å². The first-order chi connectivity index (χ1) is 13.7. The first-order valence-corrected chi connectivity index (χ1v) is 9.54. The van der Waals surface area contributed by atoms with E-state index in [1.165, 1.54) is 5.69 Å². The second-order valence-electron chi connectivity index (χ2n) is 6.61. The van der Waals surface area contributed by atoms with Gasteiger partial charge in [0.05, 0.1) is 29.5 Å². The van der Waals surface area contributed by atoms with Crippen molar-refractivity contribution in [1.29, 1.82) is 5.26 Å². The predicted molar refractivity (Wildman–Crippen MR) is 109 cm³/mol. The van der Waals surface area contributed by atoms with Crippen LogP contribution >= 0.6 is 11.6 Å². The molecule has 0 N–H and O–H groups in total. The van der Waals surface area contributed by atoms with Crippen molar-refractivity contribution in [3.05, 3.63) is 76.7 Å². The highest BCUT2D eigenvalue weighted by atomic mass is 35.5. The van der Waals surface area contributed by atoms with Crippen LogP contribution in [0.3, 0.4) is 0 Å². The lowest BCUT2D eigenvalue weighted by Gasteiger charge is -2.28. The Kier molecular flexibility index (Phi) is 5.52. The maximum Gasteiger partial charge on any atom is 0.133 e. The van der Waals surface area contributed by atoms with Gasteiger partial charge >= 0.3 is 0 Å². The number of hydrogen-bond donors (Lipinski definition) is 0. The monoisotopic (exact) mass is 390 g/mol. The van der Waals surface area contributed by atoms with E-state index in [2.05, 4.69) is 45.2 Å². The van der Waals surface area contributed by atoms with Crippen LogP contribution in [0.2, 0.25) is 5.02 Å². The zero-order valence-electron chi connectivity index (χ0n) is 15.3. The molecule has 1 saturated heterocycles. The normalized spacial score (nSPS) is 13.9. The fraction of sp³-hybridized carbons (Fsp3) is 0.227. The quantitative estimate of drug-likeness (QED) is 0.671. The fourth-order valence-corrected chi connectivity index (χ4v) is 3.40. The lowest BCUT2D eigenvalue weighted by molar-refractivity contribution is 0.122. The third kappa shape index (κ3) is 4.14. The van der Waals surface area contributed by atoms with Crippen molar-refractivity contribution in [2.45, 2.75) is 6.42 Å². The Morgan fingerprint density at radius 1 is 1.07 bits per heavy atom. The molecule has 140 valence electrons. The van der Waals surface area contributed by atoms with Crippen molar-refractivity contribution in [2.24, 2.45) is 0 Å². The summed E-state index contributed by atoms with van der Waals surface area (Å²) in [5.41, 5.74) is 4.45. The maximum atomic E-state index is 9.18. The molecule has 0 atom stereocenters. The molecule has 28 heavy (non-hydrogen) atoms. The predicted octanol–water partition coefficient (Wildman–Crippen LogP) is 4.10. The molecule has 5 nitrogen and oxygen atoms in total. The topological polar surface area (TPSA) is 62.0 Å². The molecule has 3 aromatic rings. The van der Waals surface area contributed by atoms with E-state index in [1.54, 1.807) is 18.3 Å². The number of morpholine rings is 1. The van der Waals surface area contributed by atoms with Crippen molar-refractivity contribution in [2.75, 3.05) is 31.2 Å². The van der Waals surface area contributed by atoms with Crippen LogP contribution < -0.4 is 4.90 Å². The van der Waals surface area contributed by atoms with E-state index >= 15 is 0 Å². The number of benzene rings is 2. The van der Waals surface area contributed by atoms with Gasteiger partial charge in [-0.2, -0.15) is 5.26 Å². The smallest absolute Gasteiger partial charge is 0.133 e. The molecule has 1 fully saturated rings. The molecule has 0 saturated carbocycles. The van der Waals surface area contributed by atoms with Gasteiger partial charge in [0, 0.05) is 37.0 Å². The number of aromatic nitrogens is 2. The van der Waals surface area contributed by atoms with E-state index in [0.29, 0.717) is 17.0 Å². The maximum absolute atomic E-state index is 9.18. The fourth-order valence-electron chi connectivity index (χ4n) is 3.24. The van der Waals surface area contributed by atoms with Crippen LogP contribution in [0.15, 0.2) is 54.7 Å². The third-order valence-electron chi connectivity index (χ3n) is 4.76. The molecule has 1 aromatic heterocycles. The molecule has 0 unspecified atom stereocenters. The van der Waals surface area contributed by atoms with Crippen LogP contribution in [0.5, 0.6) is 0 Å². The summed E-state index contributed by atoms with van der Waals surface area (Å²) in [5, 5.41) is 9.62. The number of anilines is 1. The summed E-state index contributed by atoms with van der Waals surface area (Å²) < 4.78 is 5.41. The summed E-state index contributed by atoms with van der Waals surface area (Å²) in [5.74, 6) is 0.741. The summed E-state index contributed by atoms with van der Waals surface area (Å²) in [6.07, 6.45) is 2.40. The summed E-state index contributed by atoms with van der Waals surface area (Å²) in [7, 11) is 0. The number of halogens is 1. The van der Waals surface area contributed by atoms with Crippen LogP contribution in [-0.2, 0) is 11.2 Å². The molecular formula is C22H19ClN4O. The van der Waals surface area contributed by atoms with Gasteiger partial charge in [0.15, 0.2) is 0 Å². The van der Waals surface area contributed by atoms with Crippen LogP contribution in [0.4, 0.5) is 5.69 Å². The minimum Gasteiger partial charge on any atom is -0.378 e. The average Bonchev–Trinajstić information content (AvgIpc) is 2.75.